The number of hydrogen-bond acceptors (Lipinski definition) is 6. The van der Waals surface area contributed by atoms with E-state index >= 15 is 0 Å². The SMILES string of the molecule is Cc1cc(OCc2ccc(/C=C3/NC(=S)N(c4ccccc4)C3=O)o2)ccc1[N+](=O)[O-]. The monoisotopic (exact) mass is 435 g/mol. The number of para-hydroxylation sites is 1. The third-order valence-corrected chi connectivity index (χ3v) is 4.89. The number of hydrogen-bond donors (Lipinski definition) is 1. The van der Waals surface area contributed by atoms with Crippen LogP contribution in [0.5, 0.6) is 5.75 Å². The Bertz CT molecular complexity index is 1200. The lowest BCUT2D eigenvalue weighted by Crippen LogP contribution is -2.30. The number of benzene rings is 2. The number of nitro groups is 1. The maximum Gasteiger partial charge on any atom is 0.281 e. The van der Waals surface area contributed by atoms with Gasteiger partial charge < -0.3 is 14.5 Å². The van der Waals surface area contributed by atoms with E-state index in [0.29, 0.717) is 39.3 Å². The van der Waals surface area contributed by atoms with Crippen LogP contribution in [0.15, 0.2) is 70.8 Å². The maximum atomic E-state index is 12.7. The zero-order valence-corrected chi connectivity index (χ0v) is 17.2. The van der Waals surface area contributed by atoms with Crippen LogP contribution in [0.1, 0.15) is 17.1 Å². The summed E-state index contributed by atoms with van der Waals surface area (Å²) in [6.07, 6.45) is 1.58. The first-order chi connectivity index (χ1) is 14.9. The highest BCUT2D eigenvalue weighted by Crippen LogP contribution is 2.25. The minimum Gasteiger partial charge on any atom is -0.486 e. The normalized spacial score (nSPS) is 14.7. The zero-order chi connectivity index (χ0) is 22.0. The number of anilines is 1. The minimum atomic E-state index is -0.436. The van der Waals surface area contributed by atoms with E-state index < -0.39 is 4.92 Å². The van der Waals surface area contributed by atoms with E-state index in [1.807, 2.05) is 18.2 Å². The Balaban J connectivity index is 1.44. The predicted molar refractivity (Wildman–Crippen MR) is 119 cm³/mol. The zero-order valence-electron chi connectivity index (χ0n) is 16.4. The Morgan fingerprint density at radius 2 is 1.97 bits per heavy atom. The fourth-order valence-corrected chi connectivity index (χ4v) is 3.41. The van der Waals surface area contributed by atoms with Crippen molar-refractivity contribution in [2.45, 2.75) is 13.5 Å². The summed E-state index contributed by atoms with van der Waals surface area (Å²) < 4.78 is 11.4. The van der Waals surface area contributed by atoms with Crippen LogP contribution in [-0.4, -0.2) is 15.9 Å². The first kappa shape index (κ1) is 20.3. The molecule has 1 aliphatic rings. The molecule has 0 saturated carbocycles. The summed E-state index contributed by atoms with van der Waals surface area (Å²) in [5, 5.41) is 14.1. The predicted octanol–water partition coefficient (Wildman–Crippen LogP) is 4.34. The van der Waals surface area contributed by atoms with Gasteiger partial charge in [0.2, 0.25) is 0 Å². The van der Waals surface area contributed by atoms with Gasteiger partial charge in [-0.1, -0.05) is 18.2 Å². The number of carbonyl (C=O) groups excluding carboxylic acids is 1. The standard InChI is InChI=1S/C22H17N3O5S/c1-14-11-16(9-10-20(14)25(27)28)29-13-18-8-7-17(30-18)12-19-21(26)24(22(31)23-19)15-5-3-2-4-6-15/h2-12H,13H2,1H3,(H,23,31)/b19-12+. The molecule has 0 atom stereocenters. The molecule has 8 nitrogen and oxygen atoms in total. The molecule has 1 amide bonds. The maximum absolute atomic E-state index is 12.7. The molecule has 3 aromatic rings. The minimum absolute atomic E-state index is 0.0375. The Morgan fingerprint density at radius 3 is 2.68 bits per heavy atom. The number of amides is 1. The molecular weight excluding hydrogens is 418 g/mol. The second-order valence-electron chi connectivity index (χ2n) is 6.76. The van der Waals surface area contributed by atoms with Crippen molar-refractivity contribution in [1.82, 2.24) is 5.32 Å². The van der Waals surface area contributed by atoms with Crippen molar-refractivity contribution in [3.8, 4) is 5.75 Å². The van der Waals surface area contributed by atoms with Crippen LogP contribution in [0.4, 0.5) is 11.4 Å². The van der Waals surface area contributed by atoms with Crippen LogP contribution >= 0.6 is 12.2 Å². The van der Waals surface area contributed by atoms with E-state index in [1.54, 1.807) is 43.3 Å². The summed E-state index contributed by atoms with van der Waals surface area (Å²) in [5.74, 6) is 1.23. The number of furan rings is 1. The molecule has 9 heteroatoms. The van der Waals surface area contributed by atoms with Gasteiger partial charge in [0.15, 0.2) is 5.11 Å². The van der Waals surface area contributed by atoms with Crippen molar-refractivity contribution in [3.63, 3.8) is 0 Å². The molecule has 0 radical (unpaired) electrons. The van der Waals surface area contributed by atoms with Crippen LogP contribution in [-0.2, 0) is 11.4 Å². The molecule has 156 valence electrons. The summed E-state index contributed by atoms with van der Waals surface area (Å²) in [7, 11) is 0. The van der Waals surface area contributed by atoms with Gasteiger partial charge in [-0.25, -0.2) is 0 Å². The van der Waals surface area contributed by atoms with Crippen molar-refractivity contribution in [2.75, 3.05) is 4.90 Å². The fraction of sp³-hybridized carbons (Fsp3) is 0.0909. The molecule has 0 bridgehead atoms. The van der Waals surface area contributed by atoms with E-state index in [9.17, 15) is 14.9 Å². The topological polar surface area (TPSA) is 97.8 Å². The van der Waals surface area contributed by atoms with E-state index in [2.05, 4.69) is 5.32 Å². The number of nitro benzene ring substituents is 1. The summed E-state index contributed by atoms with van der Waals surface area (Å²) >= 11 is 5.29. The molecule has 1 fully saturated rings. The number of aryl methyl sites for hydroxylation is 1. The molecule has 31 heavy (non-hydrogen) atoms. The summed E-state index contributed by atoms with van der Waals surface area (Å²) in [5.41, 5.74) is 1.54. The molecule has 2 aromatic carbocycles. The van der Waals surface area contributed by atoms with Gasteiger partial charge in [-0.15, -0.1) is 0 Å². The number of ether oxygens (including phenoxy) is 1. The van der Waals surface area contributed by atoms with Crippen LogP contribution in [0.25, 0.3) is 6.08 Å². The van der Waals surface area contributed by atoms with Gasteiger partial charge >= 0.3 is 0 Å². The van der Waals surface area contributed by atoms with E-state index in [0.717, 1.165) is 0 Å². The largest absolute Gasteiger partial charge is 0.486 e. The summed E-state index contributed by atoms with van der Waals surface area (Å²) in [6, 6.07) is 17.1. The van der Waals surface area contributed by atoms with Crippen molar-refractivity contribution < 1.29 is 18.9 Å². The molecule has 1 aromatic heterocycles. The van der Waals surface area contributed by atoms with E-state index in [-0.39, 0.29) is 18.2 Å². The van der Waals surface area contributed by atoms with E-state index in [4.69, 9.17) is 21.4 Å². The quantitative estimate of drug-likeness (QED) is 0.266. The van der Waals surface area contributed by atoms with Crippen molar-refractivity contribution >= 4 is 40.7 Å². The van der Waals surface area contributed by atoms with Gasteiger partial charge in [-0.05, 0) is 55.5 Å². The van der Waals surface area contributed by atoms with Crippen LogP contribution in [0.3, 0.4) is 0 Å². The molecule has 0 aliphatic carbocycles. The lowest BCUT2D eigenvalue weighted by Gasteiger charge is -2.13. The van der Waals surface area contributed by atoms with Gasteiger partial charge in [0, 0.05) is 17.7 Å². The second kappa shape index (κ2) is 8.41. The molecule has 1 N–H and O–H groups in total. The molecule has 2 heterocycles. The Hall–Kier alpha value is -3.98. The van der Waals surface area contributed by atoms with E-state index in [1.165, 1.54) is 17.0 Å². The van der Waals surface area contributed by atoms with Crippen molar-refractivity contribution in [3.05, 3.63) is 93.6 Å². The third-order valence-electron chi connectivity index (χ3n) is 4.61. The Morgan fingerprint density at radius 1 is 1.19 bits per heavy atom. The van der Waals surface area contributed by atoms with Gasteiger partial charge in [-0.3, -0.25) is 19.8 Å². The number of nitrogens with one attached hydrogen (secondary N) is 1. The van der Waals surface area contributed by atoms with Gasteiger partial charge in [0.1, 0.15) is 29.6 Å². The van der Waals surface area contributed by atoms with Crippen LogP contribution < -0.4 is 15.0 Å². The molecular formula is C22H17N3O5S. The molecule has 0 spiro atoms. The highest BCUT2D eigenvalue weighted by molar-refractivity contribution is 7.80. The number of thiocarbonyl (C=S) groups is 1. The number of nitrogens with zero attached hydrogens (tertiary/aromatic N) is 2. The fourth-order valence-electron chi connectivity index (χ4n) is 3.12. The van der Waals surface area contributed by atoms with Crippen molar-refractivity contribution in [2.24, 2.45) is 0 Å². The average Bonchev–Trinajstić information content (AvgIpc) is 3.30. The Labute approximate surface area is 182 Å². The molecule has 0 unspecified atom stereocenters. The van der Waals surface area contributed by atoms with Gasteiger partial charge in [-0.2, -0.15) is 0 Å². The molecule has 4 rings (SSSR count). The van der Waals surface area contributed by atoms with Crippen molar-refractivity contribution in [1.29, 1.82) is 0 Å². The highest BCUT2D eigenvalue weighted by Gasteiger charge is 2.32. The lowest BCUT2D eigenvalue weighted by atomic mass is 10.2. The summed E-state index contributed by atoms with van der Waals surface area (Å²) in [6.45, 7) is 1.79. The first-order valence-electron chi connectivity index (χ1n) is 9.31. The number of rotatable bonds is 6. The molecule has 1 saturated heterocycles. The first-order valence-corrected chi connectivity index (χ1v) is 9.72. The molecule has 1 aliphatic heterocycles. The highest BCUT2D eigenvalue weighted by atomic mass is 32.1. The average molecular weight is 435 g/mol. The lowest BCUT2D eigenvalue weighted by molar-refractivity contribution is -0.385. The van der Waals surface area contributed by atoms with Gasteiger partial charge in [0.25, 0.3) is 11.6 Å². The summed E-state index contributed by atoms with van der Waals surface area (Å²) in [4.78, 5) is 24.6. The second-order valence-corrected chi connectivity index (χ2v) is 7.15. The smallest absolute Gasteiger partial charge is 0.281 e. The van der Waals surface area contributed by atoms with Crippen LogP contribution in [0.2, 0.25) is 0 Å². The third kappa shape index (κ3) is 4.31. The number of carbonyl (C=O) groups is 1. The Kier molecular flexibility index (Phi) is 5.50. The van der Waals surface area contributed by atoms with Gasteiger partial charge in [0.05, 0.1) is 10.6 Å². The van der Waals surface area contributed by atoms with Crippen LogP contribution in [0, 0.1) is 17.0 Å².